The lowest BCUT2D eigenvalue weighted by atomic mass is 10.0. The molecule has 1 atom stereocenters. The van der Waals surface area contributed by atoms with Gasteiger partial charge >= 0.3 is 0 Å². The van der Waals surface area contributed by atoms with Crippen LogP contribution >= 0.6 is 0 Å². The molecule has 3 rings (SSSR count). The molecule has 2 aliphatic carbocycles. The summed E-state index contributed by atoms with van der Waals surface area (Å²) < 4.78 is 0. The first-order valence-corrected chi connectivity index (χ1v) is 6.35. The van der Waals surface area contributed by atoms with Crippen molar-refractivity contribution >= 4 is 5.91 Å². The molecule has 3 aliphatic rings. The Morgan fingerprint density at radius 3 is 2.27 bits per heavy atom. The second-order valence-corrected chi connectivity index (χ2v) is 5.40. The molecule has 1 heterocycles. The van der Waals surface area contributed by atoms with Crippen LogP contribution in [0.25, 0.3) is 0 Å². The van der Waals surface area contributed by atoms with Crippen LogP contribution in [-0.4, -0.2) is 25.0 Å². The SMILES string of the molecule is O=C(NC(C1CC1)C1CC1)[C@H]1CCNC1. The monoisotopic (exact) mass is 208 g/mol. The molecule has 84 valence electrons. The number of amides is 1. The van der Waals surface area contributed by atoms with Gasteiger partial charge in [-0.15, -0.1) is 0 Å². The number of hydrogen-bond acceptors (Lipinski definition) is 2. The fraction of sp³-hybridized carbons (Fsp3) is 0.917. The van der Waals surface area contributed by atoms with Crippen molar-refractivity contribution in [1.29, 1.82) is 0 Å². The van der Waals surface area contributed by atoms with Crippen LogP contribution in [0.15, 0.2) is 0 Å². The Kier molecular flexibility index (Phi) is 2.43. The van der Waals surface area contributed by atoms with Gasteiger partial charge in [0.2, 0.25) is 5.91 Å². The Labute approximate surface area is 91.0 Å². The normalized spacial score (nSPS) is 30.9. The highest BCUT2D eigenvalue weighted by Crippen LogP contribution is 2.44. The minimum Gasteiger partial charge on any atom is -0.353 e. The molecule has 0 aromatic carbocycles. The number of nitrogens with one attached hydrogen (secondary N) is 2. The van der Waals surface area contributed by atoms with Crippen LogP contribution in [0.3, 0.4) is 0 Å². The summed E-state index contributed by atoms with van der Waals surface area (Å²) in [6, 6.07) is 0.526. The van der Waals surface area contributed by atoms with Crippen LogP contribution in [0.4, 0.5) is 0 Å². The summed E-state index contributed by atoms with van der Waals surface area (Å²) >= 11 is 0. The highest BCUT2D eigenvalue weighted by Gasteiger charge is 2.42. The standard InChI is InChI=1S/C12H20N2O/c15-12(10-5-6-13-7-10)14-11(8-1-2-8)9-3-4-9/h8-11,13H,1-7H2,(H,14,15)/t10-/m0/s1. The van der Waals surface area contributed by atoms with Crippen molar-refractivity contribution in [2.24, 2.45) is 17.8 Å². The summed E-state index contributed by atoms with van der Waals surface area (Å²) in [6.07, 6.45) is 6.37. The van der Waals surface area contributed by atoms with E-state index in [4.69, 9.17) is 0 Å². The van der Waals surface area contributed by atoms with E-state index >= 15 is 0 Å². The molecule has 0 radical (unpaired) electrons. The Morgan fingerprint density at radius 2 is 1.80 bits per heavy atom. The first kappa shape index (κ1) is 9.64. The van der Waals surface area contributed by atoms with Gasteiger partial charge in [0.15, 0.2) is 0 Å². The fourth-order valence-electron chi connectivity index (χ4n) is 2.69. The molecule has 1 saturated heterocycles. The van der Waals surface area contributed by atoms with E-state index in [9.17, 15) is 4.79 Å². The predicted molar refractivity (Wildman–Crippen MR) is 58.4 cm³/mol. The van der Waals surface area contributed by atoms with E-state index < -0.39 is 0 Å². The zero-order chi connectivity index (χ0) is 10.3. The third-order valence-electron chi connectivity index (χ3n) is 4.00. The molecule has 1 aliphatic heterocycles. The van der Waals surface area contributed by atoms with Gasteiger partial charge in [0.05, 0.1) is 5.92 Å². The highest BCUT2D eigenvalue weighted by atomic mass is 16.2. The molecule has 0 bridgehead atoms. The van der Waals surface area contributed by atoms with Crippen molar-refractivity contribution in [2.45, 2.75) is 38.1 Å². The molecule has 3 fully saturated rings. The van der Waals surface area contributed by atoms with Crippen LogP contribution in [0, 0.1) is 17.8 Å². The molecular formula is C12H20N2O. The van der Waals surface area contributed by atoms with Crippen molar-refractivity contribution in [2.75, 3.05) is 13.1 Å². The number of carbonyl (C=O) groups excluding carboxylic acids is 1. The van der Waals surface area contributed by atoms with Crippen LogP contribution in [0.2, 0.25) is 0 Å². The van der Waals surface area contributed by atoms with Crippen molar-refractivity contribution in [1.82, 2.24) is 10.6 Å². The van der Waals surface area contributed by atoms with Crippen molar-refractivity contribution in [3.05, 3.63) is 0 Å². The van der Waals surface area contributed by atoms with Gasteiger partial charge in [-0.2, -0.15) is 0 Å². The maximum atomic E-state index is 12.0. The van der Waals surface area contributed by atoms with Gasteiger partial charge in [0, 0.05) is 12.6 Å². The summed E-state index contributed by atoms with van der Waals surface area (Å²) in [5.74, 6) is 2.18. The first-order chi connectivity index (χ1) is 7.34. The maximum absolute atomic E-state index is 12.0. The molecule has 2 N–H and O–H groups in total. The van der Waals surface area contributed by atoms with Crippen LogP contribution in [-0.2, 0) is 4.79 Å². The summed E-state index contributed by atoms with van der Waals surface area (Å²) in [4.78, 5) is 12.0. The highest BCUT2D eigenvalue weighted by molar-refractivity contribution is 5.79. The average molecular weight is 208 g/mol. The van der Waals surface area contributed by atoms with E-state index in [1.807, 2.05) is 0 Å². The zero-order valence-corrected chi connectivity index (χ0v) is 9.17. The molecule has 0 aromatic rings. The number of hydrogen-bond donors (Lipinski definition) is 2. The minimum atomic E-state index is 0.241. The van der Waals surface area contributed by atoms with Gasteiger partial charge in [0.1, 0.15) is 0 Å². The molecule has 0 unspecified atom stereocenters. The molecular weight excluding hydrogens is 188 g/mol. The van der Waals surface area contributed by atoms with Crippen molar-refractivity contribution < 1.29 is 4.79 Å². The molecule has 3 heteroatoms. The summed E-state index contributed by atoms with van der Waals surface area (Å²) in [7, 11) is 0. The smallest absolute Gasteiger partial charge is 0.224 e. The Morgan fingerprint density at radius 1 is 1.13 bits per heavy atom. The van der Waals surface area contributed by atoms with E-state index in [0.29, 0.717) is 11.9 Å². The first-order valence-electron chi connectivity index (χ1n) is 6.35. The Balaban J connectivity index is 1.55. The van der Waals surface area contributed by atoms with Gasteiger partial charge < -0.3 is 10.6 Å². The molecule has 2 saturated carbocycles. The van der Waals surface area contributed by atoms with Gasteiger partial charge in [-0.1, -0.05) is 0 Å². The Bertz CT molecular complexity index is 240. The molecule has 3 nitrogen and oxygen atoms in total. The molecule has 0 spiro atoms. The zero-order valence-electron chi connectivity index (χ0n) is 9.17. The van der Waals surface area contributed by atoms with Gasteiger partial charge in [-0.25, -0.2) is 0 Å². The van der Waals surface area contributed by atoms with Crippen LogP contribution < -0.4 is 10.6 Å². The third-order valence-corrected chi connectivity index (χ3v) is 4.00. The molecule has 1 amide bonds. The predicted octanol–water partition coefficient (Wildman–Crippen LogP) is 0.901. The lowest BCUT2D eigenvalue weighted by molar-refractivity contribution is -0.125. The van der Waals surface area contributed by atoms with Crippen molar-refractivity contribution in [3.63, 3.8) is 0 Å². The lowest BCUT2D eigenvalue weighted by Gasteiger charge is -2.19. The Hall–Kier alpha value is -0.570. The summed E-state index contributed by atoms with van der Waals surface area (Å²) in [5.41, 5.74) is 0. The van der Waals surface area contributed by atoms with Crippen LogP contribution in [0.5, 0.6) is 0 Å². The maximum Gasteiger partial charge on any atom is 0.224 e. The fourth-order valence-corrected chi connectivity index (χ4v) is 2.69. The third kappa shape index (κ3) is 2.17. The second-order valence-electron chi connectivity index (χ2n) is 5.40. The van der Waals surface area contributed by atoms with E-state index in [2.05, 4.69) is 10.6 Å². The quantitative estimate of drug-likeness (QED) is 0.720. The van der Waals surface area contributed by atoms with E-state index in [-0.39, 0.29) is 5.92 Å². The molecule has 15 heavy (non-hydrogen) atoms. The molecule has 0 aromatic heterocycles. The number of rotatable bonds is 4. The van der Waals surface area contributed by atoms with Gasteiger partial charge in [-0.3, -0.25) is 4.79 Å². The van der Waals surface area contributed by atoms with Gasteiger partial charge in [0.25, 0.3) is 0 Å². The second kappa shape index (κ2) is 3.78. The topological polar surface area (TPSA) is 41.1 Å². The van der Waals surface area contributed by atoms with Crippen LogP contribution in [0.1, 0.15) is 32.1 Å². The minimum absolute atomic E-state index is 0.241. The van der Waals surface area contributed by atoms with E-state index in [0.717, 1.165) is 31.3 Å². The largest absolute Gasteiger partial charge is 0.353 e. The number of carbonyl (C=O) groups is 1. The average Bonchev–Trinajstić information content (AvgIpc) is 3.15. The summed E-state index contributed by atoms with van der Waals surface area (Å²) in [5, 5.41) is 6.56. The van der Waals surface area contributed by atoms with E-state index in [1.165, 1.54) is 25.7 Å². The lowest BCUT2D eigenvalue weighted by Crippen LogP contribution is -2.42. The van der Waals surface area contributed by atoms with E-state index in [1.54, 1.807) is 0 Å². The van der Waals surface area contributed by atoms with Gasteiger partial charge in [-0.05, 0) is 50.5 Å². The van der Waals surface area contributed by atoms with Crippen molar-refractivity contribution in [3.8, 4) is 0 Å². The summed E-state index contributed by atoms with van der Waals surface area (Å²) in [6.45, 7) is 1.89.